The van der Waals surface area contributed by atoms with Crippen molar-refractivity contribution in [1.82, 2.24) is 9.62 Å². The Morgan fingerprint density at radius 3 is 2.24 bits per heavy atom. The zero-order valence-electron chi connectivity index (χ0n) is 22.8. The molecule has 1 aromatic heterocycles. The van der Waals surface area contributed by atoms with Crippen LogP contribution in [0.25, 0.3) is 0 Å². The summed E-state index contributed by atoms with van der Waals surface area (Å²) in [6.07, 6.45) is -8.92. The Labute approximate surface area is 251 Å². The number of amides is 3. The Balaban J connectivity index is 1.92. The molecule has 10 nitrogen and oxygen atoms in total. The molecule has 2 aromatic carbocycles. The molecular formula is C28H20F6N4O6S. The molecule has 17 heteroatoms. The van der Waals surface area contributed by atoms with Crippen molar-refractivity contribution in [3.8, 4) is 6.07 Å². The number of hydrogen-bond acceptors (Lipinski definition) is 7. The van der Waals surface area contributed by atoms with Gasteiger partial charge in [0.05, 0.1) is 40.8 Å². The largest absolute Gasteiger partial charge is 0.461 e. The van der Waals surface area contributed by atoms with Crippen LogP contribution in [0.5, 0.6) is 0 Å². The molecule has 0 spiro atoms. The number of furan rings is 1. The van der Waals surface area contributed by atoms with Crippen molar-refractivity contribution in [2.24, 2.45) is 0 Å². The van der Waals surface area contributed by atoms with E-state index in [-0.39, 0.29) is 28.2 Å². The van der Waals surface area contributed by atoms with Gasteiger partial charge in [0.2, 0.25) is 15.8 Å². The second kappa shape index (κ2) is 12.1. The fourth-order valence-electron chi connectivity index (χ4n) is 4.67. The summed E-state index contributed by atoms with van der Waals surface area (Å²) in [6, 6.07) is 10.3. The Morgan fingerprint density at radius 1 is 1.02 bits per heavy atom. The molecule has 0 aliphatic carbocycles. The fourth-order valence-corrected chi connectivity index (χ4v) is 5.58. The molecule has 0 saturated heterocycles. The number of Topliss-reactive ketones (excluding diaryl/α,β-unsaturated/α-hetero) is 1. The summed E-state index contributed by atoms with van der Waals surface area (Å²) in [5, 5.41) is 9.22. The van der Waals surface area contributed by atoms with Crippen molar-refractivity contribution < 1.29 is 53.6 Å². The maximum absolute atomic E-state index is 14.0. The van der Waals surface area contributed by atoms with Crippen LogP contribution >= 0.6 is 0 Å². The van der Waals surface area contributed by atoms with Crippen LogP contribution in [0.2, 0.25) is 0 Å². The number of alkyl halides is 6. The molecule has 0 radical (unpaired) electrons. The summed E-state index contributed by atoms with van der Waals surface area (Å²) in [7, 11) is -5.29. The van der Waals surface area contributed by atoms with E-state index in [1.54, 1.807) is 0 Å². The minimum atomic E-state index is -5.29. The molecule has 1 unspecified atom stereocenters. The lowest BCUT2D eigenvalue weighted by atomic mass is 9.88. The van der Waals surface area contributed by atoms with Gasteiger partial charge in [0, 0.05) is 5.70 Å². The highest BCUT2D eigenvalue weighted by atomic mass is 32.2. The number of allylic oxidation sites excluding steroid dienone is 1. The number of halogens is 6. The van der Waals surface area contributed by atoms with Gasteiger partial charge in [-0.25, -0.2) is 13.2 Å². The predicted octanol–water partition coefficient (Wildman–Crippen LogP) is 5.32. The lowest BCUT2D eigenvalue weighted by molar-refractivity contribution is -0.137. The Bertz CT molecular complexity index is 1810. The summed E-state index contributed by atoms with van der Waals surface area (Å²) < 4.78 is 110. The lowest BCUT2D eigenvalue weighted by Gasteiger charge is -2.42. The summed E-state index contributed by atoms with van der Waals surface area (Å²) in [5.74, 6) is -5.19. The van der Waals surface area contributed by atoms with Crippen LogP contribution in [0.4, 0.5) is 36.8 Å². The van der Waals surface area contributed by atoms with Crippen molar-refractivity contribution in [2.75, 3.05) is 17.2 Å². The molecular weight excluding hydrogens is 634 g/mol. The zero-order valence-corrected chi connectivity index (χ0v) is 23.6. The first-order valence-electron chi connectivity index (χ1n) is 12.6. The number of rotatable bonds is 8. The number of sulfonamides is 1. The van der Waals surface area contributed by atoms with Gasteiger partial charge in [-0.15, -0.1) is 0 Å². The average molecular weight is 655 g/mol. The lowest BCUT2D eigenvalue weighted by Crippen LogP contribution is -2.54. The van der Waals surface area contributed by atoms with E-state index in [1.165, 1.54) is 48.0 Å². The standard InChI is InChI=1S/C28H20F6N4O6S/c1-16-23(25(40)21-6-3-11-44-21)24(18-9-7-17(13-35)8-10-18)37(14-22(39)36-45(42,43)15-27(29,30)31)26(41)38(16)20-5-2-4-19(12-20)28(32,33)34/h2-12,24H,14-15H2,1H3,(H,36,39). The van der Waals surface area contributed by atoms with Gasteiger partial charge in [-0.3, -0.25) is 19.2 Å². The van der Waals surface area contributed by atoms with Crippen LogP contribution in [-0.2, 0) is 21.0 Å². The molecule has 4 rings (SSSR count). The Morgan fingerprint density at radius 2 is 1.69 bits per heavy atom. The first-order chi connectivity index (χ1) is 20.9. The van der Waals surface area contributed by atoms with Crippen LogP contribution in [-0.4, -0.2) is 49.5 Å². The van der Waals surface area contributed by atoms with Gasteiger partial charge < -0.3 is 9.32 Å². The molecule has 3 aromatic rings. The van der Waals surface area contributed by atoms with E-state index < -0.39 is 69.7 Å². The number of anilines is 1. The zero-order chi connectivity index (χ0) is 33.3. The van der Waals surface area contributed by atoms with Crippen LogP contribution in [0.3, 0.4) is 0 Å². The third-order valence-electron chi connectivity index (χ3n) is 6.46. The van der Waals surface area contributed by atoms with Crippen LogP contribution in [0.15, 0.2) is 82.6 Å². The molecule has 0 saturated carbocycles. The molecule has 0 bridgehead atoms. The van der Waals surface area contributed by atoms with Crippen molar-refractivity contribution in [2.45, 2.75) is 25.3 Å². The first kappa shape index (κ1) is 32.8. The second-order valence-electron chi connectivity index (χ2n) is 9.64. The quantitative estimate of drug-likeness (QED) is 0.256. The van der Waals surface area contributed by atoms with Crippen LogP contribution < -0.4 is 9.62 Å². The second-order valence-corrected chi connectivity index (χ2v) is 11.4. The molecule has 1 aliphatic heterocycles. The highest BCUT2D eigenvalue weighted by Crippen LogP contribution is 2.42. The molecule has 2 heterocycles. The molecule has 1 N–H and O–H groups in total. The monoisotopic (exact) mass is 654 g/mol. The maximum atomic E-state index is 14.0. The van der Waals surface area contributed by atoms with Gasteiger partial charge in [-0.2, -0.15) is 31.6 Å². The number of nitrogens with one attached hydrogen (secondary N) is 1. The van der Waals surface area contributed by atoms with Gasteiger partial charge in [-0.05, 0) is 55.0 Å². The Hall–Kier alpha value is -5.11. The topological polar surface area (TPSA) is 141 Å². The van der Waals surface area contributed by atoms with Gasteiger partial charge in [0.25, 0.3) is 5.91 Å². The number of carbonyl (C=O) groups is 3. The first-order valence-corrected chi connectivity index (χ1v) is 14.2. The minimum Gasteiger partial charge on any atom is -0.461 e. The summed E-state index contributed by atoms with van der Waals surface area (Å²) in [5.41, 5.74) is -1.84. The van der Waals surface area contributed by atoms with Crippen molar-refractivity contribution >= 4 is 33.4 Å². The number of nitrogens with zero attached hydrogens (tertiary/aromatic N) is 3. The Kier molecular flexibility index (Phi) is 8.83. The maximum Gasteiger partial charge on any atom is 0.416 e. The number of urea groups is 1. The summed E-state index contributed by atoms with van der Waals surface area (Å²) in [6.45, 7) is -0.0194. The average Bonchev–Trinajstić information content (AvgIpc) is 3.47. The minimum absolute atomic E-state index is 0.0891. The van der Waals surface area contributed by atoms with E-state index in [9.17, 15) is 54.4 Å². The molecule has 45 heavy (non-hydrogen) atoms. The molecule has 0 fully saturated rings. The van der Waals surface area contributed by atoms with E-state index in [2.05, 4.69) is 0 Å². The van der Waals surface area contributed by atoms with Crippen molar-refractivity contribution in [3.63, 3.8) is 0 Å². The van der Waals surface area contributed by atoms with Crippen molar-refractivity contribution in [3.05, 3.63) is 101 Å². The summed E-state index contributed by atoms with van der Waals surface area (Å²) in [4.78, 5) is 42.0. The van der Waals surface area contributed by atoms with Gasteiger partial charge >= 0.3 is 18.4 Å². The normalized spacial score (nSPS) is 16.0. The van der Waals surface area contributed by atoms with E-state index >= 15 is 0 Å². The van der Waals surface area contributed by atoms with Gasteiger partial charge in [-0.1, -0.05) is 18.2 Å². The van der Waals surface area contributed by atoms with Gasteiger partial charge in [0.1, 0.15) is 6.54 Å². The number of carbonyl (C=O) groups excluding carboxylic acids is 3. The van der Waals surface area contributed by atoms with Gasteiger partial charge in [0.15, 0.2) is 11.5 Å². The van der Waals surface area contributed by atoms with E-state index in [4.69, 9.17) is 4.42 Å². The predicted molar refractivity (Wildman–Crippen MR) is 144 cm³/mol. The van der Waals surface area contributed by atoms with E-state index in [1.807, 2.05) is 6.07 Å². The van der Waals surface area contributed by atoms with E-state index in [0.29, 0.717) is 15.9 Å². The number of nitriles is 1. The molecule has 1 atom stereocenters. The van der Waals surface area contributed by atoms with Crippen molar-refractivity contribution in [1.29, 1.82) is 5.26 Å². The molecule has 1 aliphatic rings. The third-order valence-corrected chi connectivity index (χ3v) is 7.71. The number of ketones is 1. The van der Waals surface area contributed by atoms with Crippen LogP contribution in [0.1, 0.15) is 40.2 Å². The molecule has 3 amide bonds. The third kappa shape index (κ3) is 7.34. The smallest absolute Gasteiger partial charge is 0.416 e. The summed E-state index contributed by atoms with van der Waals surface area (Å²) >= 11 is 0. The SMILES string of the molecule is CC1=C(C(=O)c2ccco2)C(c2ccc(C#N)cc2)N(CC(=O)NS(=O)(=O)CC(F)(F)F)C(=O)N1c1cccc(C(F)(F)F)c1. The van der Waals surface area contributed by atoms with Crippen LogP contribution in [0, 0.1) is 11.3 Å². The molecule has 236 valence electrons. The number of benzene rings is 2. The van der Waals surface area contributed by atoms with E-state index in [0.717, 1.165) is 24.5 Å². The highest BCUT2D eigenvalue weighted by molar-refractivity contribution is 7.90. The fraction of sp³-hybridized carbons (Fsp3) is 0.214. The highest BCUT2D eigenvalue weighted by Gasteiger charge is 2.45. The number of hydrogen-bond donors (Lipinski definition) is 1.